The standard InChI is InChI=1S/C14H16O4/c1-16-12-7-5-11(6-8-12)9-17-10-13-3-2-4-14(15)18-13/h2,4-8,13H,3,9-10H2,1H3/t13-/m0/s1. The van der Waals surface area contributed by atoms with Crippen LogP contribution in [0.3, 0.4) is 0 Å². The highest BCUT2D eigenvalue weighted by Crippen LogP contribution is 2.13. The number of hydrogen-bond donors (Lipinski definition) is 0. The number of rotatable bonds is 5. The van der Waals surface area contributed by atoms with Crippen LogP contribution in [0.25, 0.3) is 0 Å². The van der Waals surface area contributed by atoms with Crippen molar-refractivity contribution in [3.8, 4) is 5.75 Å². The van der Waals surface area contributed by atoms with Crippen molar-refractivity contribution in [3.05, 3.63) is 42.0 Å². The molecule has 0 aromatic heterocycles. The lowest BCUT2D eigenvalue weighted by molar-refractivity contribution is -0.147. The van der Waals surface area contributed by atoms with Crippen molar-refractivity contribution >= 4 is 5.97 Å². The fourth-order valence-electron chi connectivity index (χ4n) is 1.70. The fraction of sp³-hybridized carbons (Fsp3) is 0.357. The van der Waals surface area contributed by atoms with Gasteiger partial charge in [-0.1, -0.05) is 18.2 Å². The summed E-state index contributed by atoms with van der Waals surface area (Å²) in [5.41, 5.74) is 1.06. The molecule has 1 aliphatic rings. The Morgan fingerprint density at radius 3 is 2.78 bits per heavy atom. The molecule has 0 aliphatic carbocycles. The molecule has 18 heavy (non-hydrogen) atoms. The molecule has 0 N–H and O–H groups in total. The molecule has 4 nitrogen and oxygen atoms in total. The second-order valence-electron chi connectivity index (χ2n) is 4.06. The maximum absolute atomic E-state index is 11.0. The number of carbonyl (C=O) groups is 1. The first-order chi connectivity index (χ1) is 8.78. The van der Waals surface area contributed by atoms with Gasteiger partial charge in [-0.2, -0.15) is 0 Å². The van der Waals surface area contributed by atoms with Crippen molar-refractivity contribution in [1.82, 2.24) is 0 Å². The van der Waals surface area contributed by atoms with Crippen LogP contribution in [0.4, 0.5) is 0 Å². The molecule has 96 valence electrons. The molecule has 0 saturated carbocycles. The SMILES string of the molecule is COc1ccc(COC[C@@H]2CC=CC(=O)O2)cc1. The molecule has 4 heteroatoms. The largest absolute Gasteiger partial charge is 0.497 e. The Labute approximate surface area is 106 Å². The average Bonchev–Trinajstić information content (AvgIpc) is 2.40. The minimum absolute atomic E-state index is 0.166. The molecule has 0 radical (unpaired) electrons. The second-order valence-corrected chi connectivity index (χ2v) is 4.06. The molecule has 2 rings (SSSR count). The van der Waals surface area contributed by atoms with E-state index in [-0.39, 0.29) is 12.1 Å². The average molecular weight is 248 g/mol. The highest BCUT2D eigenvalue weighted by Gasteiger charge is 2.15. The summed E-state index contributed by atoms with van der Waals surface area (Å²) < 4.78 is 15.7. The van der Waals surface area contributed by atoms with Crippen molar-refractivity contribution in [2.45, 2.75) is 19.1 Å². The van der Waals surface area contributed by atoms with E-state index >= 15 is 0 Å². The summed E-state index contributed by atoms with van der Waals surface area (Å²) >= 11 is 0. The summed E-state index contributed by atoms with van der Waals surface area (Å²) in [5, 5.41) is 0. The minimum Gasteiger partial charge on any atom is -0.497 e. The van der Waals surface area contributed by atoms with Gasteiger partial charge in [-0.3, -0.25) is 0 Å². The fourth-order valence-corrected chi connectivity index (χ4v) is 1.70. The third kappa shape index (κ3) is 3.60. The predicted octanol–water partition coefficient (Wildman–Crippen LogP) is 2.08. The molecule has 1 aromatic rings. The maximum Gasteiger partial charge on any atom is 0.330 e. The van der Waals surface area contributed by atoms with Crippen LogP contribution in [0, 0.1) is 0 Å². The first-order valence-corrected chi connectivity index (χ1v) is 5.86. The van der Waals surface area contributed by atoms with Gasteiger partial charge >= 0.3 is 5.97 Å². The van der Waals surface area contributed by atoms with E-state index in [9.17, 15) is 4.79 Å². The Morgan fingerprint density at radius 2 is 2.11 bits per heavy atom. The summed E-state index contributed by atoms with van der Waals surface area (Å²) in [7, 11) is 1.64. The topological polar surface area (TPSA) is 44.8 Å². The third-order valence-corrected chi connectivity index (χ3v) is 2.67. The van der Waals surface area contributed by atoms with Crippen molar-refractivity contribution < 1.29 is 19.0 Å². The van der Waals surface area contributed by atoms with E-state index in [1.165, 1.54) is 6.08 Å². The number of carbonyl (C=O) groups excluding carboxylic acids is 1. The molecule has 0 bridgehead atoms. The van der Waals surface area contributed by atoms with Crippen LogP contribution in [0.2, 0.25) is 0 Å². The monoisotopic (exact) mass is 248 g/mol. The van der Waals surface area contributed by atoms with Crippen LogP contribution < -0.4 is 4.74 Å². The van der Waals surface area contributed by atoms with Gasteiger partial charge < -0.3 is 14.2 Å². The lowest BCUT2D eigenvalue weighted by Crippen LogP contribution is -2.24. The van der Waals surface area contributed by atoms with E-state index in [0.717, 1.165) is 11.3 Å². The summed E-state index contributed by atoms with van der Waals surface area (Å²) in [6, 6.07) is 7.68. The Morgan fingerprint density at radius 1 is 1.33 bits per heavy atom. The molecule has 0 fully saturated rings. The quantitative estimate of drug-likeness (QED) is 0.748. The molecule has 1 heterocycles. The normalized spacial score (nSPS) is 18.5. The van der Waals surface area contributed by atoms with Crippen molar-refractivity contribution in [2.75, 3.05) is 13.7 Å². The van der Waals surface area contributed by atoms with Crippen LogP contribution >= 0.6 is 0 Å². The number of ether oxygens (including phenoxy) is 3. The number of hydrogen-bond acceptors (Lipinski definition) is 4. The smallest absolute Gasteiger partial charge is 0.330 e. The minimum atomic E-state index is -0.292. The summed E-state index contributed by atoms with van der Waals surface area (Å²) in [6.45, 7) is 0.921. The summed E-state index contributed by atoms with van der Waals surface area (Å²) in [5.74, 6) is 0.532. The van der Waals surface area contributed by atoms with Crippen LogP contribution in [0.1, 0.15) is 12.0 Å². The lowest BCUT2D eigenvalue weighted by Gasteiger charge is -2.18. The van der Waals surface area contributed by atoms with E-state index in [2.05, 4.69) is 0 Å². The van der Waals surface area contributed by atoms with E-state index in [1.54, 1.807) is 7.11 Å². The zero-order valence-corrected chi connectivity index (χ0v) is 10.3. The highest BCUT2D eigenvalue weighted by atomic mass is 16.6. The van der Waals surface area contributed by atoms with Gasteiger partial charge in [0, 0.05) is 12.5 Å². The Kier molecular flexibility index (Phi) is 4.36. The first-order valence-electron chi connectivity index (χ1n) is 5.86. The molecular weight excluding hydrogens is 232 g/mol. The van der Waals surface area contributed by atoms with Gasteiger partial charge in [-0.15, -0.1) is 0 Å². The van der Waals surface area contributed by atoms with Gasteiger partial charge in [0.15, 0.2) is 0 Å². The zero-order chi connectivity index (χ0) is 12.8. The second kappa shape index (κ2) is 6.21. The van der Waals surface area contributed by atoms with Crippen LogP contribution in [0.15, 0.2) is 36.4 Å². The van der Waals surface area contributed by atoms with Crippen molar-refractivity contribution in [1.29, 1.82) is 0 Å². The molecule has 0 unspecified atom stereocenters. The molecule has 1 aliphatic heterocycles. The van der Waals surface area contributed by atoms with Crippen molar-refractivity contribution in [2.24, 2.45) is 0 Å². The molecular formula is C14H16O4. The van der Waals surface area contributed by atoms with Crippen molar-refractivity contribution in [3.63, 3.8) is 0 Å². The van der Waals surface area contributed by atoms with Gasteiger partial charge in [0.2, 0.25) is 0 Å². The molecule has 0 saturated heterocycles. The van der Waals surface area contributed by atoms with Crippen LogP contribution in [-0.4, -0.2) is 25.8 Å². The van der Waals surface area contributed by atoms with Crippen LogP contribution in [0.5, 0.6) is 5.75 Å². The van der Waals surface area contributed by atoms with Gasteiger partial charge in [0.05, 0.1) is 20.3 Å². The Bertz CT molecular complexity index is 422. The van der Waals surface area contributed by atoms with Gasteiger partial charge in [-0.25, -0.2) is 4.79 Å². The maximum atomic E-state index is 11.0. The number of esters is 1. The third-order valence-electron chi connectivity index (χ3n) is 2.67. The molecule has 0 amide bonds. The zero-order valence-electron chi connectivity index (χ0n) is 10.3. The summed E-state index contributed by atoms with van der Waals surface area (Å²) in [6.07, 6.45) is 3.81. The number of methoxy groups -OCH3 is 1. The molecule has 0 spiro atoms. The number of cyclic esters (lactones) is 1. The molecule has 1 aromatic carbocycles. The first kappa shape index (κ1) is 12.6. The predicted molar refractivity (Wildman–Crippen MR) is 66.3 cm³/mol. The molecule has 1 atom stereocenters. The number of benzene rings is 1. The van der Waals surface area contributed by atoms with Gasteiger partial charge in [0.25, 0.3) is 0 Å². The van der Waals surface area contributed by atoms with Crippen LogP contribution in [-0.2, 0) is 20.9 Å². The van der Waals surface area contributed by atoms with E-state index in [0.29, 0.717) is 19.6 Å². The van der Waals surface area contributed by atoms with E-state index in [1.807, 2.05) is 30.3 Å². The van der Waals surface area contributed by atoms with Gasteiger partial charge in [-0.05, 0) is 17.7 Å². The van der Waals surface area contributed by atoms with Gasteiger partial charge in [0.1, 0.15) is 11.9 Å². The van der Waals surface area contributed by atoms with E-state index < -0.39 is 0 Å². The Hall–Kier alpha value is -1.81. The lowest BCUT2D eigenvalue weighted by atomic mass is 10.2. The highest BCUT2D eigenvalue weighted by molar-refractivity contribution is 5.82. The van der Waals surface area contributed by atoms with E-state index in [4.69, 9.17) is 14.2 Å². The Balaban J connectivity index is 1.74. The summed E-state index contributed by atoms with van der Waals surface area (Å²) in [4.78, 5) is 11.0.